The number of phenols is 1. The van der Waals surface area contributed by atoms with E-state index >= 15 is 0 Å². The standard InChI is InChI=1S/C17H23N3O/c1-2-18-12-14-5-3-4-10-20(14)17-16-11-15(21)7-6-13(16)8-9-19-17/h6-9,11,14,18,21H,2-5,10,12H2,1H3. The largest absolute Gasteiger partial charge is 0.508 e. The molecule has 3 rings (SSSR count). The van der Waals surface area contributed by atoms with Gasteiger partial charge >= 0.3 is 0 Å². The molecule has 1 fully saturated rings. The maximum Gasteiger partial charge on any atom is 0.136 e. The Hall–Kier alpha value is -1.81. The van der Waals surface area contributed by atoms with Crippen molar-refractivity contribution >= 4 is 16.6 Å². The Kier molecular flexibility index (Phi) is 4.25. The summed E-state index contributed by atoms with van der Waals surface area (Å²) in [6.07, 6.45) is 5.56. The van der Waals surface area contributed by atoms with Crippen LogP contribution in [0.25, 0.3) is 10.8 Å². The predicted octanol–water partition coefficient (Wildman–Crippen LogP) is 2.91. The van der Waals surface area contributed by atoms with Crippen molar-refractivity contribution < 1.29 is 5.11 Å². The molecule has 2 heterocycles. The molecule has 1 saturated heterocycles. The lowest BCUT2D eigenvalue weighted by molar-refractivity contribution is 0.437. The summed E-state index contributed by atoms with van der Waals surface area (Å²) in [7, 11) is 0. The highest BCUT2D eigenvalue weighted by Gasteiger charge is 2.24. The monoisotopic (exact) mass is 285 g/mol. The first-order valence-corrected chi connectivity index (χ1v) is 7.84. The van der Waals surface area contributed by atoms with Crippen LogP contribution in [-0.4, -0.2) is 35.8 Å². The van der Waals surface area contributed by atoms with Crippen molar-refractivity contribution in [2.24, 2.45) is 0 Å². The molecule has 21 heavy (non-hydrogen) atoms. The zero-order valence-corrected chi connectivity index (χ0v) is 12.5. The predicted molar refractivity (Wildman–Crippen MR) is 86.9 cm³/mol. The van der Waals surface area contributed by atoms with E-state index in [0.717, 1.165) is 36.2 Å². The fourth-order valence-electron chi connectivity index (χ4n) is 3.17. The molecule has 1 unspecified atom stereocenters. The van der Waals surface area contributed by atoms with E-state index in [4.69, 9.17) is 0 Å². The van der Waals surface area contributed by atoms with Gasteiger partial charge < -0.3 is 15.3 Å². The summed E-state index contributed by atoms with van der Waals surface area (Å²) in [5.41, 5.74) is 0. The number of hydrogen-bond acceptors (Lipinski definition) is 4. The van der Waals surface area contributed by atoms with E-state index in [1.54, 1.807) is 6.07 Å². The van der Waals surface area contributed by atoms with Crippen LogP contribution in [0.4, 0.5) is 5.82 Å². The van der Waals surface area contributed by atoms with Crippen molar-refractivity contribution in [3.63, 3.8) is 0 Å². The summed E-state index contributed by atoms with van der Waals surface area (Å²) < 4.78 is 0. The molecule has 4 heteroatoms. The number of piperidine rings is 1. The van der Waals surface area contributed by atoms with Gasteiger partial charge in [-0.05, 0) is 49.4 Å². The Balaban J connectivity index is 1.98. The van der Waals surface area contributed by atoms with Gasteiger partial charge in [0.25, 0.3) is 0 Å². The van der Waals surface area contributed by atoms with Gasteiger partial charge in [0.1, 0.15) is 11.6 Å². The Morgan fingerprint density at radius 1 is 1.33 bits per heavy atom. The lowest BCUT2D eigenvalue weighted by atomic mass is 10.0. The van der Waals surface area contributed by atoms with Gasteiger partial charge in [-0.25, -0.2) is 4.98 Å². The third kappa shape index (κ3) is 2.95. The molecule has 1 aromatic carbocycles. The van der Waals surface area contributed by atoms with E-state index in [9.17, 15) is 5.11 Å². The summed E-state index contributed by atoms with van der Waals surface area (Å²) in [6, 6.07) is 8.01. The summed E-state index contributed by atoms with van der Waals surface area (Å²) in [4.78, 5) is 7.03. The van der Waals surface area contributed by atoms with E-state index in [0.29, 0.717) is 11.8 Å². The second kappa shape index (κ2) is 6.31. The fraction of sp³-hybridized carbons (Fsp3) is 0.471. The maximum absolute atomic E-state index is 9.80. The van der Waals surface area contributed by atoms with Gasteiger partial charge in [0, 0.05) is 30.7 Å². The number of rotatable bonds is 4. The Labute approximate surface area is 125 Å². The van der Waals surface area contributed by atoms with Gasteiger partial charge in [-0.3, -0.25) is 0 Å². The highest BCUT2D eigenvalue weighted by atomic mass is 16.3. The molecule has 1 aliphatic rings. The van der Waals surface area contributed by atoms with Crippen LogP contribution in [0.2, 0.25) is 0 Å². The van der Waals surface area contributed by atoms with Gasteiger partial charge in [0.15, 0.2) is 0 Å². The summed E-state index contributed by atoms with van der Waals surface area (Å²) in [5, 5.41) is 15.4. The number of hydrogen-bond donors (Lipinski definition) is 2. The summed E-state index contributed by atoms with van der Waals surface area (Å²) in [5.74, 6) is 1.31. The molecule has 1 atom stereocenters. The van der Waals surface area contributed by atoms with E-state index < -0.39 is 0 Å². The van der Waals surface area contributed by atoms with E-state index in [2.05, 4.69) is 22.1 Å². The van der Waals surface area contributed by atoms with E-state index in [1.165, 1.54) is 19.3 Å². The van der Waals surface area contributed by atoms with Crippen LogP contribution in [0.1, 0.15) is 26.2 Å². The van der Waals surface area contributed by atoms with E-state index in [-0.39, 0.29) is 0 Å². The van der Waals surface area contributed by atoms with Crippen molar-refractivity contribution in [2.45, 2.75) is 32.2 Å². The number of phenolic OH excluding ortho intramolecular Hbond substituents is 1. The van der Waals surface area contributed by atoms with Crippen LogP contribution in [0.15, 0.2) is 30.5 Å². The van der Waals surface area contributed by atoms with Crippen LogP contribution in [-0.2, 0) is 0 Å². The molecule has 0 radical (unpaired) electrons. The molecule has 0 amide bonds. The number of fused-ring (bicyclic) bond motifs is 1. The number of aromatic nitrogens is 1. The number of anilines is 1. The first kappa shape index (κ1) is 14.1. The number of likely N-dealkylation sites (N-methyl/N-ethyl adjacent to an activating group) is 1. The number of nitrogens with zero attached hydrogens (tertiary/aromatic N) is 2. The molecule has 0 saturated carbocycles. The van der Waals surface area contributed by atoms with Crippen LogP contribution in [0.5, 0.6) is 5.75 Å². The molecule has 0 spiro atoms. The number of aromatic hydroxyl groups is 1. The van der Waals surface area contributed by atoms with Crippen molar-refractivity contribution in [2.75, 3.05) is 24.5 Å². The maximum atomic E-state index is 9.80. The zero-order chi connectivity index (χ0) is 14.7. The lowest BCUT2D eigenvalue weighted by Gasteiger charge is -2.37. The minimum absolute atomic E-state index is 0.303. The second-order valence-electron chi connectivity index (χ2n) is 5.69. The Morgan fingerprint density at radius 3 is 3.10 bits per heavy atom. The molecular formula is C17H23N3O. The van der Waals surface area contributed by atoms with E-state index in [1.807, 2.05) is 24.4 Å². The lowest BCUT2D eigenvalue weighted by Crippen LogP contribution is -2.46. The highest BCUT2D eigenvalue weighted by Crippen LogP contribution is 2.31. The van der Waals surface area contributed by atoms with Crippen molar-refractivity contribution in [3.05, 3.63) is 30.5 Å². The van der Waals surface area contributed by atoms with Crippen LogP contribution in [0.3, 0.4) is 0 Å². The molecule has 0 bridgehead atoms. The van der Waals surface area contributed by atoms with Crippen molar-refractivity contribution in [1.82, 2.24) is 10.3 Å². The van der Waals surface area contributed by atoms with Crippen molar-refractivity contribution in [1.29, 1.82) is 0 Å². The highest BCUT2D eigenvalue weighted by molar-refractivity contribution is 5.93. The van der Waals surface area contributed by atoms with Gasteiger partial charge in [0.05, 0.1) is 0 Å². The topological polar surface area (TPSA) is 48.4 Å². The zero-order valence-electron chi connectivity index (χ0n) is 12.5. The second-order valence-corrected chi connectivity index (χ2v) is 5.69. The van der Waals surface area contributed by atoms with Crippen LogP contribution >= 0.6 is 0 Å². The molecule has 0 aliphatic carbocycles. The average Bonchev–Trinajstić information content (AvgIpc) is 2.52. The minimum atomic E-state index is 0.303. The Bertz CT molecular complexity index is 614. The number of benzene rings is 1. The quantitative estimate of drug-likeness (QED) is 0.907. The Morgan fingerprint density at radius 2 is 2.24 bits per heavy atom. The fourth-order valence-corrected chi connectivity index (χ4v) is 3.17. The third-order valence-electron chi connectivity index (χ3n) is 4.26. The van der Waals surface area contributed by atoms with Gasteiger partial charge in [0.2, 0.25) is 0 Å². The third-order valence-corrected chi connectivity index (χ3v) is 4.26. The first-order valence-electron chi connectivity index (χ1n) is 7.84. The molecule has 1 aliphatic heterocycles. The molecule has 1 aromatic heterocycles. The molecule has 2 N–H and O–H groups in total. The summed E-state index contributed by atoms with van der Waals surface area (Å²) in [6.45, 7) is 5.17. The molecule has 112 valence electrons. The molecule has 2 aromatic rings. The van der Waals surface area contributed by atoms with Gasteiger partial charge in [-0.1, -0.05) is 13.0 Å². The molecular weight excluding hydrogens is 262 g/mol. The molecule has 4 nitrogen and oxygen atoms in total. The van der Waals surface area contributed by atoms with Gasteiger partial charge in [-0.2, -0.15) is 0 Å². The minimum Gasteiger partial charge on any atom is -0.508 e. The van der Waals surface area contributed by atoms with Crippen LogP contribution in [0, 0.1) is 0 Å². The first-order chi connectivity index (χ1) is 10.3. The summed E-state index contributed by atoms with van der Waals surface area (Å²) >= 11 is 0. The SMILES string of the molecule is CCNCC1CCCCN1c1nccc2ccc(O)cc12. The number of pyridine rings is 1. The van der Waals surface area contributed by atoms with Crippen molar-refractivity contribution in [3.8, 4) is 5.75 Å². The average molecular weight is 285 g/mol. The number of nitrogens with one attached hydrogen (secondary N) is 1. The normalized spacial score (nSPS) is 19.1. The van der Waals surface area contributed by atoms with Crippen LogP contribution < -0.4 is 10.2 Å². The smallest absolute Gasteiger partial charge is 0.136 e. The van der Waals surface area contributed by atoms with Gasteiger partial charge in [-0.15, -0.1) is 0 Å².